The molecule has 3 rings (SSSR count). The lowest BCUT2D eigenvalue weighted by atomic mass is 10.0. The number of anilines is 1. The number of nitriles is 1. The van der Waals surface area contributed by atoms with Gasteiger partial charge in [-0.3, -0.25) is 9.48 Å². The van der Waals surface area contributed by atoms with Crippen LogP contribution in [0.1, 0.15) is 59.0 Å². The molecule has 0 aliphatic carbocycles. The van der Waals surface area contributed by atoms with Gasteiger partial charge in [-0.2, -0.15) is 10.4 Å². The van der Waals surface area contributed by atoms with Crippen molar-refractivity contribution < 1.29 is 14.3 Å². The Labute approximate surface area is 167 Å². The Bertz CT molecular complexity index is 954. The molecule has 0 fully saturated rings. The van der Waals surface area contributed by atoms with Gasteiger partial charge in [0.05, 0.1) is 18.7 Å². The quantitative estimate of drug-likeness (QED) is 0.845. The lowest BCUT2D eigenvalue weighted by Crippen LogP contribution is -2.35. The normalized spacial score (nSPS) is 13.2. The summed E-state index contributed by atoms with van der Waals surface area (Å²) in [6, 6.07) is 4.09. The van der Waals surface area contributed by atoms with E-state index in [1.807, 2.05) is 20.8 Å². The monoisotopic (exact) mass is 401 g/mol. The fourth-order valence-electron chi connectivity index (χ4n) is 3.27. The van der Waals surface area contributed by atoms with Crippen LogP contribution in [0.4, 0.5) is 9.80 Å². The number of thiophene rings is 1. The molecule has 3 heterocycles. The molecule has 148 valence electrons. The second-order valence-corrected chi connectivity index (χ2v) is 7.96. The van der Waals surface area contributed by atoms with Crippen LogP contribution in [0.2, 0.25) is 0 Å². The van der Waals surface area contributed by atoms with Crippen LogP contribution in [-0.2, 0) is 17.7 Å². The zero-order valence-electron chi connectivity index (χ0n) is 16.4. The molecule has 0 radical (unpaired) electrons. The lowest BCUT2D eigenvalue weighted by molar-refractivity contribution is 0.101. The Morgan fingerprint density at radius 2 is 2.21 bits per heavy atom. The van der Waals surface area contributed by atoms with Gasteiger partial charge in [0.25, 0.3) is 5.91 Å². The molecule has 1 aliphatic heterocycles. The molecular formula is C19H23N5O3S. The van der Waals surface area contributed by atoms with Crippen molar-refractivity contribution in [1.82, 2.24) is 14.7 Å². The Balaban J connectivity index is 1.82. The number of ether oxygens (including phenoxy) is 1. The zero-order valence-corrected chi connectivity index (χ0v) is 17.2. The summed E-state index contributed by atoms with van der Waals surface area (Å²) < 4.78 is 6.85. The first-order valence-corrected chi connectivity index (χ1v) is 10.0. The number of nitrogens with zero attached hydrogens (tertiary/aromatic N) is 4. The Hall–Kier alpha value is -2.86. The van der Waals surface area contributed by atoms with Crippen LogP contribution in [-0.4, -0.2) is 39.8 Å². The van der Waals surface area contributed by atoms with Crippen LogP contribution in [0.3, 0.4) is 0 Å². The van der Waals surface area contributed by atoms with Crippen molar-refractivity contribution in [2.75, 3.05) is 18.5 Å². The van der Waals surface area contributed by atoms with E-state index in [1.54, 1.807) is 22.6 Å². The third-order valence-electron chi connectivity index (χ3n) is 4.57. The Morgan fingerprint density at radius 3 is 2.82 bits per heavy atom. The lowest BCUT2D eigenvalue weighted by Gasteiger charge is -2.25. The highest BCUT2D eigenvalue weighted by molar-refractivity contribution is 7.16. The molecule has 1 aliphatic rings. The molecule has 0 saturated carbocycles. The van der Waals surface area contributed by atoms with Crippen LogP contribution >= 0.6 is 11.3 Å². The number of aryl methyl sites for hydroxylation is 1. The molecule has 0 aromatic carbocycles. The van der Waals surface area contributed by atoms with Crippen LogP contribution in [0.5, 0.6) is 0 Å². The molecule has 1 N–H and O–H groups in total. The largest absolute Gasteiger partial charge is 0.450 e. The molecule has 0 atom stereocenters. The molecule has 2 aromatic heterocycles. The van der Waals surface area contributed by atoms with Crippen molar-refractivity contribution in [3.63, 3.8) is 0 Å². The van der Waals surface area contributed by atoms with E-state index in [0.717, 1.165) is 16.1 Å². The number of carbonyl (C=O) groups is 2. The van der Waals surface area contributed by atoms with Crippen LogP contribution in [0.15, 0.2) is 6.07 Å². The fourth-order valence-corrected chi connectivity index (χ4v) is 4.48. The van der Waals surface area contributed by atoms with E-state index >= 15 is 0 Å². The zero-order chi connectivity index (χ0) is 20.4. The van der Waals surface area contributed by atoms with Gasteiger partial charge < -0.3 is 15.0 Å². The average Bonchev–Trinajstić information content (AvgIpc) is 3.21. The number of aromatic nitrogens is 2. The maximum absolute atomic E-state index is 12.7. The minimum Gasteiger partial charge on any atom is -0.450 e. The number of nitrogens with one attached hydrogen (secondary N) is 1. The summed E-state index contributed by atoms with van der Waals surface area (Å²) in [5.41, 5.74) is 2.58. The molecular weight excluding hydrogens is 378 g/mol. The SMILES string of the molecule is CCOC(=O)N1CCc2c(sc(NC(=O)c3cc(C)n(C(C)C)n3)c2C#N)C1. The van der Waals surface area contributed by atoms with Crippen LogP contribution < -0.4 is 5.32 Å². The minimum atomic E-state index is -0.361. The van der Waals surface area contributed by atoms with Gasteiger partial charge in [-0.05, 0) is 45.7 Å². The number of amides is 2. The Morgan fingerprint density at radius 1 is 1.46 bits per heavy atom. The van der Waals surface area contributed by atoms with Crippen molar-refractivity contribution in [2.24, 2.45) is 0 Å². The standard InChI is InChI=1S/C19H23N5O3S/c1-5-27-19(26)23-7-6-13-14(9-20)18(28-16(13)10-23)21-17(25)15-8-12(4)24(22-15)11(2)3/h8,11H,5-7,10H2,1-4H3,(H,21,25). The molecule has 0 saturated heterocycles. The molecule has 2 aromatic rings. The highest BCUT2D eigenvalue weighted by Crippen LogP contribution is 2.37. The molecule has 0 unspecified atom stereocenters. The van der Waals surface area contributed by atoms with E-state index in [2.05, 4.69) is 16.5 Å². The molecule has 0 bridgehead atoms. The first kappa shape index (κ1) is 19.9. The average molecular weight is 401 g/mol. The molecule has 0 spiro atoms. The second-order valence-electron chi connectivity index (χ2n) is 6.85. The van der Waals surface area contributed by atoms with Crippen molar-refractivity contribution in [1.29, 1.82) is 5.26 Å². The number of hydrogen-bond donors (Lipinski definition) is 1. The van der Waals surface area contributed by atoms with E-state index < -0.39 is 0 Å². The predicted molar refractivity (Wildman–Crippen MR) is 105 cm³/mol. The van der Waals surface area contributed by atoms with Crippen molar-refractivity contribution in [2.45, 2.75) is 46.7 Å². The van der Waals surface area contributed by atoms with Crippen LogP contribution in [0.25, 0.3) is 0 Å². The Kier molecular flexibility index (Phi) is 5.70. The first-order chi connectivity index (χ1) is 13.3. The van der Waals surface area contributed by atoms with E-state index in [-0.39, 0.29) is 18.0 Å². The third kappa shape index (κ3) is 3.73. The minimum absolute atomic E-state index is 0.152. The van der Waals surface area contributed by atoms with Gasteiger partial charge in [-0.15, -0.1) is 11.3 Å². The van der Waals surface area contributed by atoms with Gasteiger partial charge in [0.15, 0.2) is 5.69 Å². The van der Waals surface area contributed by atoms with E-state index in [9.17, 15) is 14.9 Å². The fraction of sp³-hybridized carbons (Fsp3) is 0.474. The van der Waals surface area contributed by atoms with Crippen molar-refractivity contribution in [3.8, 4) is 6.07 Å². The van der Waals surface area contributed by atoms with E-state index in [4.69, 9.17) is 4.74 Å². The third-order valence-corrected chi connectivity index (χ3v) is 5.70. The summed E-state index contributed by atoms with van der Waals surface area (Å²) >= 11 is 1.33. The van der Waals surface area contributed by atoms with E-state index in [0.29, 0.717) is 42.4 Å². The van der Waals surface area contributed by atoms with Gasteiger partial charge in [-0.1, -0.05) is 0 Å². The van der Waals surface area contributed by atoms with Gasteiger partial charge in [-0.25, -0.2) is 4.79 Å². The highest BCUT2D eigenvalue weighted by Gasteiger charge is 2.28. The molecule has 8 nitrogen and oxygen atoms in total. The topological polar surface area (TPSA) is 100 Å². The molecule has 28 heavy (non-hydrogen) atoms. The predicted octanol–water partition coefficient (Wildman–Crippen LogP) is 3.47. The van der Waals surface area contributed by atoms with Crippen molar-refractivity contribution in [3.05, 3.63) is 33.5 Å². The number of hydrogen-bond acceptors (Lipinski definition) is 6. The summed E-state index contributed by atoms with van der Waals surface area (Å²) in [5, 5.41) is 17.3. The maximum Gasteiger partial charge on any atom is 0.410 e. The highest BCUT2D eigenvalue weighted by atomic mass is 32.1. The molecule has 2 amide bonds. The summed E-state index contributed by atoms with van der Waals surface area (Å²) in [4.78, 5) is 27.2. The van der Waals surface area contributed by atoms with Crippen molar-refractivity contribution >= 4 is 28.3 Å². The maximum atomic E-state index is 12.7. The van der Waals surface area contributed by atoms with Gasteiger partial charge in [0.1, 0.15) is 11.1 Å². The smallest absolute Gasteiger partial charge is 0.410 e. The number of fused-ring (bicyclic) bond motifs is 1. The van der Waals surface area contributed by atoms with E-state index in [1.165, 1.54) is 11.3 Å². The number of rotatable bonds is 4. The first-order valence-electron chi connectivity index (χ1n) is 9.19. The summed E-state index contributed by atoms with van der Waals surface area (Å²) in [6.45, 7) is 8.85. The summed E-state index contributed by atoms with van der Waals surface area (Å²) in [6.07, 6.45) is 0.199. The van der Waals surface area contributed by atoms with Gasteiger partial charge in [0, 0.05) is 23.2 Å². The molecule has 9 heteroatoms. The summed E-state index contributed by atoms with van der Waals surface area (Å²) in [7, 11) is 0. The van der Waals surface area contributed by atoms with Crippen LogP contribution in [0, 0.1) is 18.3 Å². The summed E-state index contributed by atoms with van der Waals surface area (Å²) in [5.74, 6) is -0.347. The number of carbonyl (C=O) groups excluding carboxylic acids is 2. The second kappa shape index (κ2) is 8.02. The van der Waals surface area contributed by atoms with Gasteiger partial charge >= 0.3 is 6.09 Å². The van der Waals surface area contributed by atoms with Gasteiger partial charge in [0.2, 0.25) is 0 Å².